The van der Waals surface area contributed by atoms with Crippen molar-refractivity contribution in [2.75, 3.05) is 7.11 Å². The van der Waals surface area contributed by atoms with Crippen LogP contribution in [0.3, 0.4) is 0 Å². The molecule has 0 fully saturated rings. The molecule has 0 spiro atoms. The van der Waals surface area contributed by atoms with Crippen LogP contribution in [-0.4, -0.2) is 21.2 Å². The van der Waals surface area contributed by atoms with Gasteiger partial charge in [-0.25, -0.2) is 9.78 Å². The molecule has 0 aliphatic carbocycles. The van der Waals surface area contributed by atoms with Gasteiger partial charge in [0.15, 0.2) is 0 Å². The molecule has 0 aliphatic heterocycles. The summed E-state index contributed by atoms with van der Waals surface area (Å²) < 4.78 is 7.53. The van der Waals surface area contributed by atoms with Crippen molar-refractivity contribution in [3.63, 3.8) is 0 Å². The summed E-state index contributed by atoms with van der Waals surface area (Å²) in [6.07, 6.45) is 1.72. The lowest BCUT2D eigenvalue weighted by Gasteiger charge is -2.10. The highest BCUT2D eigenvalue weighted by molar-refractivity contribution is 5.17. The second-order valence-electron chi connectivity index (χ2n) is 4.69. The zero-order chi connectivity index (χ0) is 15.4. The third-order valence-electron chi connectivity index (χ3n) is 3.27. The Morgan fingerprint density at radius 1 is 1.19 bits per heavy atom. The summed E-state index contributed by atoms with van der Waals surface area (Å²) in [6.45, 7) is 1.01. The maximum Gasteiger partial charge on any atom is 0.330 e. The zero-order valence-corrected chi connectivity index (χ0v) is 12.3. The number of aromatic nitrogens is 3. The van der Waals surface area contributed by atoms with Crippen molar-refractivity contribution in [2.24, 2.45) is 14.1 Å². The molecular formula is C14H18N4O3. The van der Waals surface area contributed by atoms with Crippen LogP contribution in [0.1, 0.15) is 11.3 Å². The summed E-state index contributed by atoms with van der Waals surface area (Å²) in [5.74, 6) is 0.563. The van der Waals surface area contributed by atoms with E-state index < -0.39 is 0 Å². The van der Waals surface area contributed by atoms with Gasteiger partial charge in [0.1, 0.15) is 0 Å². The Hall–Kier alpha value is -2.41. The van der Waals surface area contributed by atoms with Gasteiger partial charge in [-0.2, -0.15) is 0 Å². The Bertz CT molecular complexity index is 731. The lowest BCUT2D eigenvalue weighted by molar-refractivity contribution is 0.397. The van der Waals surface area contributed by atoms with Crippen LogP contribution in [0.25, 0.3) is 0 Å². The molecule has 2 aromatic rings. The highest BCUT2D eigenvalue weighted by Gasteiger charge is 2.05. The summed E-state index contributed by atoms with van der Waals surface area (Å²) in [5, 5.41) is 3.18. The largest absolute Gasteiger partial charge is 0.481 e. The van der Waals surface area contributed by atoms with E-state index in [-0.39, 0.29) is 11.2 Å². The molecule has 0 saturated carbocycles. The van der Waals surface area contributed by atoms with Crippen molar-refractivity contribution >= 4 is 0 Å². The zero-order valence-electron chi connectivity index (χ0n) is 12.3. The third-order valence-corrected chi connectivity index (χ3v) is 3.27. The summed E-state index contributed by atoms with van der Waals surface area (Å²) in [6, 6.07) is 5.15. The van der Waals surface area contributed by atoms with Crippen molar-refractivity contribution in [1.82, 2.24) is 19.4 Å². The van der Waals surface area contributed by atoms with Gasteiger partial charge in [0.2, 0.25) is 5.88 Å². The Labute approximate surface area is 121 Å². The lowest BCUT2D eigenvalue weighted by Crippen LogP contribution is -2.38. The normalized spacial score (nSPS) is 10.6. The first-order valence-electron chi connectivity index (χ1n) is 6.48. The molecule has 2 aromatic heterocycles. The van der Waals surface area contributed by atoms with Gasteiger partial charge in [0.05, 0.1) is 7.11 Å². The van der Waals surface area contributed by atoms with E-state index in [1.54, 1.807) is 26.4 Å². The molecule has 0 radical (unpaired) electrons. The minimum atomic E-state index is -0.328. The van der Waals surface area contributed by atoms with Gasteiger partial charge in [0, 0.05) is 51.2 Å². The number of hydrogen-bond acceptors (Lipinski definition) is 5. The number of nitrogens with one attached hydrogen (secondary N) is 1. The van der Waals surface area contributed by atoms with Gasteiger partial charge >= 0.3 is 5.69 Å². The molecule has 0 amide bonds. The first-order chi connectivity index (χ1) is 10.0. The first kappa shape index (κ1) is 15.0. The van der Waals surface area contributed by atoms with Crippen LogP contribution in [0.5, 0.6) is 5.88 Å². The SMILES string of the molecule is COc1ccc(CNCc2cc(=O)n(C)c(=O)n2C)cn1. The van der Waals surface area contributed by atoms with E-state index in [9.17, 15) is 9.59 Å². The predicted octanol–water partition coefficient (Wildman–Crippen LogP) is -0.223. The number of nitrogens with zero attached hydrogens (tertiary/aromatic N) is 3. The van der Waals surface area contributed by atoms with Crippen LogP contribution in [0.15, 0.2) is 34.0 Å². The summed E-state index contributed by atoms with van der Waals surface area (Å²) in [5.41, 5.74) is 1.00. The van der Waals surface area contributed by atoms with Gasteiger partial charge in [-0.15, -0.1) is 0 Å². The molecular weight excluding hydrogens is 272 g/mol. The third kappa shape index (κ3) is 3.38. The average Bonchev–Trinajstić information content (AvgIpc) is 2.51. The van der Waals surface area contributed by atoms with Crippen molar-refractivity contribution in [3.05, 3.63) is 56.5 Å². The van der Waals surface area contributed by atoms with Crippen LogP contribution in [0.2, 0.25) is 0 Å². The number of rotatable bonds is 5. The molecule has 2 rings (SSSR count). The molecule has 0 unspecified atom stereocenters. The van der Waals surface area contributed by atoms with Gasteiger partial charge in [-0.3, -0.25) is 13.9 Å². The Balaban J connectivity index is 2.03. The average molecular weight is 290 g/mol. The molecule has 0 bridgehead atoms. The van der Waals surface area contributed by atoms with Gasteiger partial charge in [-0.05, 0) is 5.56 Å². The molecule has 0 saturated heterocycles. The molecule has 112 valence electrons. The van der Waals surface area contributed by atoms with E-state index in [4.69, 9.17) is 4.74 Å². The Morgan fingerprint density at radius 2 is 1.95 bits per heavy atom. The highest BCUT2D eigenvalue weighted by Crippen LogP contribution is 2.06. The van der Waals surface area contributed by atoms with Gasteiger partial charge < -0.3 is 10.1 Å². The van der Waals surface area contributed by atoms with E-state index >= 15 is 0 Å². The summed E-state index contributed by atoms with van der Waals surface area (Å²) in [7, 11) is 4.68. The molecule has 7 nitrogen and oxygen atoms in total. The maximum atomic E-state index is 11.8. The van der Waals surface area contributed by atoms with Crippen molar-refractivity contribution in [3.8, 4) is 5.88 Å². The smallest absolute Gasteiger partial charge is 0.330 e. The molecule has 2 heterocycles. The highest BCUT2D eigenvalue weighted by atomic mass is 16.5. The van der Waals surface area contributed by atoms with E-state index in [0.29, 0.717) is 24.7 Å². The van der Waals surface area contributed by atoms with Crippen LogP contribution in [0, 0.1) is 0 Å². The summed E-state index contributed by atoms with van der Waals surface area (Å²) in [4.78, 5) is 27.5. The van der Waals surface area contributed by atoms with E-state index in [0.717, 1.165) is 10.1 Å². The Kier molecular flexibility index (Phi) is 4.54. The fourth-order valence-electron chi connectivity index (χ4n) is 1.92. The molecule has 7 heteroatoms. The van der Waals surface area contributed by atoms with Crippen LogP contribution in [0.4, 0.5) is 0 Å². The van der Waals surface area contributed by atoms with E-state index in [1.807, 2.05) is 6.07 Å². The summed E-state index contributed by atoms with van der Waals surface area (Å²) >= 11 is 0. The van der Waals surface area contributed by atoms with Crippen molar-refractivity contribution in [2.45, 2.75) is 13.1 Å². The second-order valence-corrected chi connectivity index (χ2v) is 4.69. The molecule has 21 heavy (non-hydrogen) atoms. The van der Waals surface area contributed by atoms with Crippen LogP contribution < -0.4 is 21.3 Å². The fraction of sp³-hybridized carbons (Fsp3) is 0.357. The Morgan fingerprint density at radius 3 is 2.57 bits per heavy atom. The first-order valence-corrected chi connectivity index (χ1v) is 6.48. The van der Waals surface area contributed by atoms with Crippen molar-refractivity contribution in [1.29, 1.82) is 0 Å². The van der Waals surface area contributed by atoms with Crippen LogP contribution in [-0.2, 0) is 27.2 Å². The maximum absolute atomic E-state index is 11.8. The monoisotopic (exact) mass is 290 g/mol. The minimum absolute atomic E-state index is 0.305. The fourth-order valence-corrected chi connectivity index (χ4v) is 1.92. The second kappa shape index (κ2) is 6.36. The standard InChI is InChI=1S/C14H18N4O3/c1-17-11(6-13(19)18(2)14(17)20)9-15-7-10-4-5-12(21-3)16-8-10/h4-6,8,15H,7,9H2,1-3H3. The lowest BCUT2D eigenvalue weighted by atomic mass is 10.3. The van der Waals surface area contributed by atoms with Gasteiger partial charge in [-0.1, -0.05) is 6.07 Å². The topological polar surface area (TPSA) is 78.1 Å². The van der Waals surface area contributed by atoms with Crippen LogP contribution >= 0.6 is 0 Å². The van der Waals surface area contributed by atoms with E-state index in [2.05, 4.69) is 10.3 Å². The predicted molar refractivity (Wildman–Crippen MR) is 78.3 cm³/mol. The number of hydrogen-bond donors (Lipinski definition) is 1. The molecule has 0 aromatic carbocycles. The van der Waals surface area contributed by atoms with Gasteiger partial charge in [0.25, 0.3) is 5.56 Å². The number of pyridine rings is 1. The number of ether oxygens (including phenoxy) is 1. The molecule has 0 atom stereocenters. The molecule has 1 N–H and O–H groups in total. The minimum Gasteiger partial charge on any atom is -0.481 e. The molecule has 0 aliphatic rings. The number of methoxy groups -OCH3 is 1. The van der Waals surface area contributed by atoms with Crippen molar-refractivity contribution < 1.29 is 4.74 Å². The quantitative estimate of drug-likeness (QED) is 0.823. The van der Waals surface area contributed by atoms with E-state index in [1.165, 1.54) is 17.7 Å².